The van der Waals surface area contributed by atoms with Crippen molar-refractivity contribution in [2.45, 2.75) is 0 Å². The van der Waals surface area contributed by atoms with Crippen molar-refractivity contribution in [3.63, 3.8) is 0 Å². The van der Waals surface area contributed by atoms with Crippen molar-refractivity contribution in [3.8, 4) is 17.2 Å². The van der Waals surface area contributed by atoms with Gasteiger partial charge in [0.2, 0.25) is 0 Å². The van der Waals surface area contributed by atoms with E-state index in [9.17, 15) is 0 Å². The zero-order valence-electron chi connectivity index (χ0n) is 10.0. The molecule has 2 heteroatoms. The summed E-state index contributed by atoms with van der Waals surface area (Å²) in [6, 6.07) is 15.1. The molecule has 0 unspecified atom stereocenters. The van der Waals surface area contributed by atoms with Gasteiger partial charge in [0.15, 0.2) is 0 Å². The van der Waals surface area contributed by atoms with Gasteiger partial charge in [-0.25, -0.2) is 0 Å². The number of hydrogen-bond donors (Lipinski definition) is 0. The molecule has 0 atom stereocenters. The van der Waals surface area contributed by atoms with Gasteiger partial charge in [-0.3, -0.25) is 0 Å². The maximum Gasteiger partial charge on any atom is 0.127 e. The van der Waals surface area contributed by atoms with Gasteiger partial charge < -0.3 is 9.47 Å². The van der Waals surface area contributed by atoms with Crippen LogP contribution in [0.3, 0.4) is 0 Å². The van der Waals surface area contributed by atoms with Crippen LogP contribution in [0, 0.1) is 0 Å². The summed E-state index contributed by atoms with van der Waals surface area (Å²) in [7, 11) is 0. The number of rotatable bonds is 5. The second kappa shape index (κ2) is 5.73. The van der Waals surface area contributed by atoms with E-state index < -0.39 is 0 Å². The van der Waals surface area contributed by atoms with E-state index in [2.05, 4.69) is 13.2 Å². The molecule has 0 aromatic heterocycles. The molecule has 0 saturated heterocycles. The van der Waals surface area contributed by atoms with Crippen LogP contribution in [0.4, 0.5) is 0 Å². The largest absolute Gasteiger partial charge is 0.466 e. The average molecular weight is 238 g/mol. The number of ether oxygens (including phenoxy) is 2. The molecule has 2 aromatic carbocycles. The Morgan fingerprint density at radius 3 is 1.72 bits per heavy atom. The lowest BCUT2D eigenvalue weighted by atomic mass is 10.2. The molecule has 90 valence electrons. The minimum absolute atomic E-state index is 0.736. The normalized spacial score (nSPS) is 9.56. The molecular weight excluding hydrogens is 224 g/mol. The van der Waals surface area contributed by atoms with E-state index in [1.54, 1.807) is 6.08 Å². The van der Waals surface area contributed by atoms with Crippen LogP contribution >= 0.6 is 0 Å². The van der Waals surface area contributed by atoms with Crippen LogP contribution in [0.15, 0.2) is 68.0 Å². The van der Waals surface area contributed by atoms with Crippen LogP contribution in [-0.2, 0) is 0 Å². The highest BCUT2D eigenvalue weighted by molar-refractivity contribution is 5.48. The molecule has 0 radical (unpaired) electrons. The van der Waals surface area contributed by atoms with Gasteiger partial charge in [0.05, 0.1) is 6.26 Å². The molecule has 18 heavy (non-hydrogen) atoms. The summed E-state index contributed by atoms with van der Waals surface area (Å²) in [5, 5.41) is 0. The Morgan fingerprint density at radius 2 is 1.22 bits per heavy atom. The molecule has 0 fully saturated rings. The van der Waals surface area contributed by atoms with Gasteiger partial charge in [-0.15, -0.1) is 0 Å². The molecule has 0 aliphatic heterocycles. The first-order valence-electron chi connectivity index (χ1n) is 5.60. The maximum atomic E-state index is 5.70. The number of benzene rings is 2. The molecule has 0 aliphatic rings. The highest BCUT2D eigenvalue weighted by atomic mass is 16.5. The summed E-state index contributed by atoms with van der Waals surface area (Å²) >= 11 is 0. The third-order valence-electron chi connectivity index (χ3n) is 2.39. The summed E-state index contributed by atoms with van der Waals surface area (Å²) in [4.78, 5) is 0. The van der Waals surface area contributed by atoms with Crippen LogP contribution in [0.1, 0.15) is 5.56 Å². The molecular formula is C16H14O2. The lowest BCUT2D eigenvalue weighted by Gasteiger charge is -2.06. The minimum atomic E-state index is 0.736. The van der Waals surface area contributed by atoms with Crippen molar-refractivity contribution in [1.29, 1.82) is 0 Å². The second-order valence-electron chi connectivity index (χ2n) is 3.63. The van der Waals surface area contributed by atoms with E-state index in [4.69, 9.17) is 9.47 Å². The third-order valence-corrected chi connectivity index (χ3v) is 2.39. The first-order chi connectivity index (χ1) is 8.81. The number of hydrogen-bond acceptors (Lipinski definition) is 2. The zero-order chi connectivity index (χ0) is 12.8. The fourth-order valence-corrected chi connectivity index (χ4v) is 1.49. The van der Waals surface area contributed by atoms with Gasteiger partial charge in [0, 0.05) is 0 Å². The third kappa shape index (κ3) is 3.01. The molecule has 2 rings (SSSR count). The smallest absolute Gasteiger partial charge is 0.127 e. The molecule has 0 N–H and O–H groups in total. The Bertz CT molecular complexity index is 524. The van der Waals surface area contributed by atoms with E-state index in [0.29, 0.717) is 0 Å². The lowest BCUT2D eigenvalue weighted by Crippen LogP contribution is -1.85. The zero-order valence-corrected chi connectivity index (χ0v) is 10.0. The first-order valence-corrected chi connectivity index (χ1v) is 5.60. The van der Waals surface area contributed by atoms with Gasteiger partial charge in [-0.1, -0.05) is 31.4 Å². The van der Waals surface area contributed by atoms with Crippen LogP contribution < -0.4 is 9.47 Å². The molecule has 0 saturated carbocycles. The van der Waals surface area contributed by atoms with Crippen molar-refractivity contribution in [1.82, 2.24) is 0 Å². The molecule has 2 nitrogen and oxygen atoms in total. The van der Waals surface area contributed by atoms with E-state index in [-0.39, 0.29) is 0 Å². The Kier molecular flexibility index (Phi) is 3.82. The molecule has 0 spiro atoms. The van der Waals surface area contributed by atoms with Gasteiger partial charge in [0.25, 0.3) is 0 Å². The van der Waals surface area contributed by atoms with Crippen molar-refractivity contribution >= 4 is 6.08 Å². The van der Waals surface area contributed by atoms with Gasteiger partial charge in [-0.05, 0) is 42.0 Å². The quantitative estimate of drug-likeness (QED) is 0.706. The van der Waals surface area contributed by atoms with Crippen molar-refractivity contribution in [2.24, 2.45) is 0 Å². The van der Waals surface area contributed by atoms with E-state index >= 15 is 0 Å². The van der Waals surface area contributed by atoms with E-state index in [1.165, 1.54) is 6.26 Å². The average Bonchev–Trinajstić information content (AvgIpc) is 2.42. The second-order valence-corrected chi connectivity index (χ2v) is 3.63. The van der Waals surface area contributed by atoms with E-state index in [1.807, 2.05) is 48.5 Å². The van der Waals surface area contributed by atoms with Gasteiger partial charge >= 0.3 is 0 Å². The molecule has 0 heterocycles. The van der Waals surface area contributed by atoms with Crippen LogP contribution in [0.25, 0.3) is 6.08 Å². The fraction of sp³-hybridized carbons (Fsp3) is 0. The highest BCUT2D eigenvalue weighted by Gasteiger charge is 1.98. The fourth-order valence-electron chi connectivity index (χ4n) is 1.49. The van der Waals surface area contributed by atoms with Gasteiger partial charge in [-0.2, -0.15) is 0 Å². The standard InChI is InChI=1S/C16H14O2/c1-3-13-5-7-15(8-6-13)18-16-11-9-14(10-12-16)17-4-2/h3-12H,1-2H2. The Hall–Kier alpha value is -2.48. The monoisotopic (exact) mass is 238 g/mol. The van der Waals surface area contributed by atoms with Crippen molar-refractivity contribution in [2.75, 3.05) is 0 Å². The van der Waals surface area contributed by atoms with Crippen LogP contribution in [-0.4, -0.2) is 0 Å². The Balaban J connectivity index is 2.07. The minimum Gasteiger partial charge on any atom is -0.466 e. The van der Waals surface area contributed by atoms with Crippen molar-refractivity contribution in [3.05, 3.63) is 73.5 Å². The van der Waals surface area contributed by atoms with Crippen molar-refractivity contribution < 1.29 is 9.47 Å². The van der Waals surface area contributed by atoms with Gasteiger partial charge in [0.1, 0.15) is 17.2 Å². The molecule has 2 aromatic rings. The van der Waals surface area contributed by atoms with E-state index in [0.717, 1.165) is 22.8 Å². The Labute approximate surface area is 107 Å². The summed E-state index contributed by atoms with van der Waals surface area (Å²) in [6.07, 6.45) is 3.19. The first kappa shape index (κ1) is 12.0. The summed E-state index contributed by atoms with van der Waals surface area (Å²) in [5.41, 5.74) is 1.07. The summed E-state index contributed by atoms with van der Waals surface area (Å²) in [5.74, 6) is 2.29. The summed E-state index contributed by atoms with van der Waals surface area (Å²) in [6.45, 7) is 7.21. The summed E-state index contributed by atoms with van der Waals surface area (Å²) < 4.78 is 10.8. The van der Waals surface area contributed by atoms with Crippen LogP contribution in [0.2, 0.25) is 0 Å². The predicted molar refractivity (Wildman–Crippen MR) is 73.9 cm³/mol. The molecule has 0 bridgehead atoms. The lowest BCUT2D eigenvalue weighted by molar-refractivity contribution is 0.469. The molecule has 0 amide bonds. The highest BCUT2D eigenvalue weighted by Crippen LogP contribution is 2.24. The topological polar surface area (TPSA) is 18.5 Å². The van der Waals surface area contributed by atoms with Crippen LogP contribution in [0.5, 0.6) is 17.2 Å². The predicted octanol–water partition coefficient (Wildman–Crippen LogP) is 4.64. The molecule has 0 aliphatic carbocycles. The Morgan fingerprint density at radius 1 is 0.722 bits per heavy atom. The SMILES string of the molecule is C=COc1ccc(Oc2ccc(C=C)cc2)cc1. The maximum absolute atomic E-state index is 5.70.